The lowest BCUT2D eigenvalue weighted by atomic mass is 10.2. The average Bonchev–Trinajstić information content (AvgIpc) is 2.05. The Kier molecular flexibility index (Phi) is 1.17. The molecule has 10 heavy (non-hydrogen) atoms. The first-order chi connectivity index (χ1) is 4.97. The molecule has 2 heteroatoms. The minimum absolute atomic E-state index is 0.987. The van der Waals surface area contributed by atoms with Gasteiger partial charge in [-0.05, 0) is 6.07 Å². The molecule has 0 spiro atoms. The number of hydrogen-bond donors (Lipinski definition) is 1. The average molecular weight is 129 g/mol. The van der Waals surface area contributed by atoms with E-state index >= 15 is 0 Å². The minimum atomic E-state index is 0.987. The van der Waals surface area contributed by atoms with Crippen molar-refractivity contribution < 1.29 is 0 Å². The van der Waals surface area contributed by atoms with Crippen LogP contribution in [0.15, 0.2) is 29.3 Å². The number of benzene rings is 1. The van der Waals surface area contributed by atoms with Gasteiger partial charge in [-0.15, -0.1) is 0 Å². The van der Waals surface area contributed by atoms with Gasteiger partial charge in [0.25, 0.3) is 0 Å². The zero-order valence-corrected chi connectivity index (χ0v) is 5.26. The first-order valence-corrected chi connectivity index (χ1v) is 3.02. The van der Waals surface area contributed by atoms with Gasteiger partial charge >= 0.3 is 0 Å². The van der Waals surface area contributed by atoms with Crippen molar-refractivity contribution in [2.45, 2.75) is 0 Å². The van der Waals surface area contributed by atoms with E-state index in [0.29, 0.717) is 0 Å². The van der Waals surface area contributed by atoms with Crippen LogP contribution in [-0.2, 0) is 0 Å². The molecule has 0 unspecified atom stereocenters. The number of para-hydroxylation sites is 1. The summed E-state index contributed by atoms with van der Waals surface area (Å²) in [6.07, 6.45) is 2.81. The smallest absolute Gasteiger partial charge is 0.227 e. The summed E-state index contributed by atoms with van der Waals surface area (Å²) in [5.41, 5.74) is 2.00. The molecule has 2 rings (SSSR count). The summed E-state index contributed by atoms with van der Waals surface area (Å²) < 4.78 is 0. The summed E-state index contributed by atoms with van der Waals surface area (Å²) in [5.74, 6) is 0. The Morgan fingerprint density at radius 1 is 1.30 bits per heavy atom. The summed E-state index contributed by atoms with van der Waals surface area (Å²) in [5, 5.41) is 2.88. The van der Waals surface area contributed by atoms with E-state index in [1.54, 1.807) is 0 Å². The van der Waals surface area contributed by atoms with E-state index in [4.69, 9.17) is 0 Å². The highest BCUT2D eigenvalue weighted by atomic mass is 15.0. The molecule has 0 saturated heterocycles. The highest BCUT2D eigenvalue weighted by Gasteiger charge is 2.02. The Morgan fingerprint density at radius 3 is 3.10 bits per heavy atom. The van der Waals surface area contributed by atoms with Gasteiger partial charge in [0, 0.05) is 11.3 Å². The molecule has 1 N–H and O–H groups in total. The van der Waals surface area contributed by atoms with Gasteiger partial charge in [-0.3, -0.25) is 0 Å². The van der Waals surface area contributed by atoms with Gasteiger partial charge in [-0.2, -0.15) is 0 Å². The number of anilines is 1. The molecular weight excluding hydrogens is 124 g/mol. The molecule has 0 fully saturated rings. The fourth-order valence-corrected chi connectivity index (χ4v) is 0.866. The van der Waals surface area contributed by atoms with Crippen LogP contribution in [0.25, 0.3) is 0 Å². The van der Waals surface area contributed by atoms with Crippen molar-refractivity contribution in [3.63, 3.8) is 0 Å². The van der Waals surface area contributed by atoms with E-state index in [9.17, 15) is 0 Å². The van der Waals surface area contributed by atoms with Crippen LogP contribution in [0, 0.1) is 6.67 Å². The van der Waals surface area contributed by atoms with Gasteiger partial charge in [0.1, 0.15) is 0 Å². The number of nitrogens with zero attached hydrogens (tertiary/aromatic N) is 1. The Labute approximate surface area is 59.6 Å². The standard InChI is InChI=1S/C8H5N2/c1-2-4-8-7(3-1)5-9-6-10-8/h1-4,10H. The fourth-order valence-electron chi connectivity index (χ4n) is 0.866. The van der Waals surface area contributed by atoms with Crippen molar-refractivity contribution in [3.05, 3.63) is 36.5 Å². The quantitative estimate of drug-likeness (QED) is 0.562. The lowest BCUT2D eigenvalue weighted by Crippen LogP contribution is -2.01. The SMILES string of the molecule is [C]1N=[C]c2ccccc2N1. The lowest BCUT2D eigenvalue weighted by molar-refractivity contribution is 1.29. The van der Waals surface area contributed by atoms with Gasteiger partial charge in [0.2, 0.25) is 6.67 Å². The molecule has 47 valence electrons. The molecule has 1 heterocycles. The van der Waals surface area contributed by atoms with E-state index in [0.717, 1.165) is 11.3 Å². The summed E-state index contributed by atoms with van der Waals surface area (Å²) in [4.78, 5) is 3.71. The zero-order chi connectivity index (χ0) is 6.81. The largest absolute Gasteiger partial charge is 0.353 e. The van der Waals surface area contributed by atoms with Crippen LogP contribution < -0.4 is 5.32 Å². The molecule has 3 radical (unpaired) electrons. The van der Waals surface area contributed by atoms with Crippen molar-refractivity contribution >= 4 is 11.9 Å². The molecule has 0 aromatic heterocycles. The Morgan fingerprint density at radius 2 is 2.20 bits per heavy atom. The van der Waals surface area contributed by atoms with Gasteiger partial charge in [-0.25, -0.2) is 4.99 Å². The van der Waals surface area contributed by atoms with Crippen LogP contribution in [-0.4, -0.2) is 6.21 Å². The summed E-state index contributed by atoms with van der Waals surface area (Å²) in [6.45, 7) is 2.60. The molecule has 1 aromatic rings. The molecule has 2 nitrogen and oxygen atoms in total. The first-order valence-electron chi connectivity index (χ1n) is 3.02. The lowest BCUT2D eigenvalue weighted by Gasteiger charge is -2.08. The van der Waals surface area contributed by atoms with Crippen LogP contribution in [0.5, 0.6) is 0 Å². The highest BCUT2D eigenvalue weighted by Crippen LogP contribution is 2.15. The topological polar surface area (TPSA) is 24.4 Å². The van der Waals surface area contributed by atoms with Crippen molar-refractivity contribution in [2.24, 2.45) is 4.99 Å². The van der Waals surface area contributed by atoms with Crippen LogP contribution in [0.4, 0.5) is 5.69 Å². The van der Waals surface area contributed by atoms with Crippen molar-refractivity contribution in [2.75, 3.05) is 5.32 Å². The molecule has 1 aliphatic rings. The van der Waals surface area contributed by atoms with Crippen LogP contribution in [0.2, 0.25) is 0 Å². The second kappa shape index (κ2) is 2.14. The molecular formula is C8H5N2. The monoisotopic (exact) mass is 129 g/mol. The van der Waals surface area contributed by atoms with E-state index < -0.39 is 0 Å². The second-order valence-corrected chi connectivity index (χ2v) is 2.01. The zero-order valence-electron chi connectivity index (χ0n) is 5.26. The number of rotatable bonds is 0. The van der Waals surface area contributed by atoms with Crippen LogP contribution in [0.1, 0.15) is 5.56 Å². The van der Waals surface area contributed by atoms with E-state index in [1.807, 2.05) is 24.3 Å². The van der Waals surface area contributed by atoms with Crippen molar-refractivity contribution in [1.29, 1.82) is 0 Å². The summed E-state index contributed by atoms with van der Waals surface area (Å²) in [7, 11) is 0. The number of hydrogen-bond acceptors (Lipinski definition) is 2. The Balaban J connectivity index is 2.54. The predicted molar refractivity (Wildman–Crippen MR) is 39.8 cm³/mol. The fraction of sp³-hybridized carbons (Fsp3) is 0. The third kappa shape index (κ3) is 0.778. The second-order valence-electron chi connectivity index (χ2n) is 2.01. The summed E-state index contributed by atoms with van der Waals surface area (Å²) >= 11 is 0. The van der Waals surface area contributed by atoms with Crippen molar-refractivity contribution in [1.82, 2.24) is 0 Å². The van der Waals surface area contributed by atoms with E-state index in [2.05, 4.69) is 23.2 Å². The normalized spacial score (nSPS) is 14.0. The summed E-state index contributed by atoms with van der Waals surface area (Å²) in [6, 6.07) is 7.82. The van der Waals surface area contributed by atoms with Crippen molar-refractivity contribution in [3.8, 4) is 0 Å². The van der Waals surface area contributed by atoms with Crippen LogP contribution in [0.3, 0.4) is 0 Å². The molecule has 0 atom stereocenters. The van der Waals surface area contributed by atoms with Gasteiger partial charge in [0.15, 0.2) is 0 Å². The molecule has 0 saturated carbocycles. The number of fused-ring (bicyclic) bond motifs is 1. The Hall–Kier alpha value is -1.31. The van der Waals surface area contributed by atoms with Gasteiger partial charge < -0.3 is 5.32 Å². The van der Waals surface area contributed by atoms with Gasteiger partial charge in [0.05, 0.1) is 6.21 Å². The van der Waals surface area contributed by atoms with E-state index in [-0.39, 0.29) is 0 Å². The van der Waals surface area contributed by atoms with E-state index in [1.165, 1.54) is 0 Å². The molecule has 0 aliphatic carbocycles. The number of aliphatic imine (C=N–C) groups is 1. The third-order valence-corrected chi connectivity index (χ3v) is 1.35. The third-order valence-electron chi connectivity index (χ3n) is 1.35. The maximum absolute atomic E-state index is 3.71. The minimum Gasteiger partial charge on any atom is -0.353 e. The predicted octanol–water partition coefficient (Wildman–Crippen LogP) is 1.40. The first kappa shape index (κ1) is 5.47. The molecule has 1 aromatic carbocycles. The molecule has 0 bridgehead atoms. The molecule has 1 aliphatic heterocycles. The number of nitrogens with one attached hydrogen (secondary N) is 1. The highest BCUT2D eigenvalue weighted by molar-refractivity contribution is 5.89. The molecule has 0 amide bonds. The maximum atomic E-state index is 3.71. The Bertz CT molecular complexity index is 266. The van der Waals surface area contributed by atoms with Gasteiger partial charge in [-0.1, -0.05) is 18.2 Å². The van der Waals surface area contributed by atoms with Crippen LogP contribution >= 0.6 is 0 Å². The maximum Gasteiger partial charge on any atom is 0.227 e.